The van der Waals surface area contributed by atoms with Crippen molar-refractivity contribution in [3.63, 3.8) is 0 Å². The molecule has 2 fully saturated rings. The summed E-state index contributed by atoms with van der Waals surface area (Å²) >= 11 is 0. The topological polar surface area (TPSA) is 52.7 Å². The van der Waals surface area contributed by atoms with Crippen molar-refractivity contribution >= 4 is 17.5 Å². The number of amides is 2. The number of nitrogens with one attached hydrogen (secondary N) is 1. The fraction of sp³-hybridized carbons (Fsp3) is 0.600. The monoisotopic (exact) mass is 343 g/mol. The number of rotatable bonds is 3. The molecule has 2 amide bonds. The second-order valence-electron chi connectivity index (χ2n) is 7.50. The zero-order chi connectivity index (χ0) is 17.9. The third-order valence-corrected chi connectivity index (χ3v) is 5.66. The predicted molar refractivity (Wildman–Crippen MR) is 99.6 cm³/mol. The lowest BCUT2D eigenvalue weighted by molar-refractivity contribution is -0.140. The molecule has 1 aliphatic heterocycles. The van der Waals surface area contributed by atoms with Gasteiger partial charge in [-0.25, -0.2) is 0 Å². The van der Waals surface area contributed by atoms with Crippen molar-refractivity contribution in [1.29, 1.82) is 0 Å². The van der Waals surface area contributed by atoms with Gasteiger partial charge in [0.15, 0.2) is 0 Å². The van der Waals surface area contributed by atoms with Crippen molar-refractivity contribution in [3.8, 4) is 0 Å². The van der Waals surface area contributed by atoms with Gasteiger partial charge in [-0.1, -0.05) is 31.4 Å². The average molecular weight is 343 g/mol. The van der Waals surface area contributed by atoms with Gasteiger partial charge >= 0.3 is 0 Å². The summed E-state index contributed by atoms with van der Waals surface area (Å²) < 4.78 is 0. The van der Waals surface area contributed by atoms with Crippen molar-refractivity contribution in [2.24, 2.45) is 0 Å². The third kappa shape index (κ3) is 3.87. The van der Waals surface area contributed by atoms with Crippen molar-refractivity contribution < 1.29 is 9.59 Å². The quantitative estimate of drug-likeness (QED) is 0.918. The van der Waals surface area contributed by atoms with E-state index in [9.17, 15) is 9.59 Å². The molecule has 0 spiro atoms. The van der Waals surface area contributed by atoms with Crippen LogP contribution in [0.15, 0.2) is 24.3 Å². The standard InChI is InChI=1S/C20H29N3O2/c1-16(24)21-18-8-6-17(7-9-18)20(10-4-3-5-11-20)19(25)23-14-12-22(2)13-15-23/h6-9H,3-5,10-15H2,1-2H3,(H,21,24). The molecule has 0 radical (unpaired) electrons. The Hall–Kier alpha value is -1.88. The number of hydrogen-bond acceptors (Lipinski definition) is 3. The summed E-state index contributed by atoms with van der Waals surface area (Å²) in [4.78, 5) is 29.1. The Balaban J connectivity index is 1.85. The average Bonchev–Trinajstić information content (AvgIpc) is 2.62. The van der Waals surface area contributed by atoms with Gasteiger partial charge in [-0.15, -0.1) is 0 Å². The molecule has 5 heteroatoms. The summed E-state index contributed by atoms with van der Waals surface area (Å²) in [7, 11) is 2.11. The molecule has 0 aromatic heterocycles. The van der Waals surface area contributed by atoms with Gasteiger partial charge in [0, 0.05) is 38.8 Å². The Morgan fingerprint density at radius 1 is 0.960 bits per heavy atom. The lowest BCUT2D eigenvalue weighted by atomic mass is 9.68. The molecule has 5 nitrogen and oxygen atoms in total. The normalized spacial score (nSPS) is 21.0. The molecule has 1 aromatic carbocycles. The van der Waals surface area contributed by atoms with Gasteiger partial charge in [-0.2, -0.15) is 0 Å². The molecule has 2 aliphatic rings. The predicted octanol–water partition coefficient (Wildman–Crippen LogP) is 2.62. The van der Waals surface area contributed by atoms with Gasteiger partial charge in [0.1, 0.15) is 0 Å². The minimum atomic E-state index is -0.386. The maximum Gasteiger partial charge on any atom is 0.233 e. The fourth-order valence-electron chi connectivity index (χ4n) is 4.17. The Labute approximate surface area is 150 Å². The van der Waals surface area contributed by atoms with Crippen molar-refractivity contribution in [2.45, 2.75) is 44.4 Å². The summed E-state index contributed by atoms with van der Waals surface area (Å²) in [6.45, 7) is 5.04. The molecule has 0 atom stereocenters. The first-order chi connectivity index (χ1) is 12.0. The molecule has 136 valence electrons. The first-order valence-electron chi connectivity index (χ1n) is 9.37. The maximum atomic E-state index is 13.5. The van der Waals surface area contributed by atoms with Crippen LogP contribution in [-0.4, -0.2) is 54.8 Å². The number of carbonyl (C=O) groups excluding carboxylic acids is 2. The van der Waals surface area contributed by atoms with E-state index in [-0.39, 0.29) is 11.3 Å². The van der Waals surface area contributed by atoms with E-state index >= 15 is 0 Å². The summed E-state index contributed by atoms with van der Waals surface area (Å²) in [6, 6.07) is 7.91. The molecule has 1 saturated carbocycles. The highest BCUT2D eigenvalue weighted by Gasteiger charge is 2.43. The lowest BCUT2D eigenvalue weighted by Crippen LogP contribution is -2.54. The smallest absolute Gasteiger partial charge is 0.233 e. The summed E-state index contributed by atoms with van der Waals surface area (Å²) in [6.07, 6.45) is 5.27. The maximum absolute atomic E-state index is 13.5. The van der Waals surface area contributed by atoms with Crippen molar-refractivity contribution in [2.75, 3.05) is 38.5 Å². The molecule has 1 aliphatic carbocycles. The van der Waals surface area contributed by atoms with Gasteiger partial charge < -0.3 is 15.1 Å². The highest BCUT2D eigenvalue weighted by atomic mass is 16.2. The van der Waals surface area contributed by atoms with E-state index in [0.717, 1.165) is 63.1 Å². The van der Waals surface area contributed by atoms with Crippen LogP contribution in [0.25, 0.3) is 0 Å². The molecule has 0 unspecified atom stereocenters. The van der Waals surface area contributed by atoms with Gasteiger partial charge in [0.25, 0.3) is 0 Å². The van der Waals surface area contributed by atoms with Crippen LogP contribution >= 0.6 is 0 Å². The molecule has 1 heterocycles. The van der Waals surface area contributed by atoms with Crippen LogP contribution in [0, 0.1) is 0 Å². The van der Waals surface area contributed by atoms with Crippen LogP contribution in [-0.2, 0) is 15.0 Å². The molecule has 25 heavy (non-hydrogen) atoms. The first kappa shape index (κ1) is 17.9. The van der Waals surface area contributed by atoms with Crippen LogP contribution < -0.4 is 5.32 Å². The Kier molecular flexibility index (Phi) is 5.42. The Bertz CT molecular complexity index is 612. The number of benzene rings is 1. The highest BCUT2D eigenvalue weighted by Crippen LogP contribution is 2.41. The second kappa shape index (κ2) is 7.56. The molecular weight excluding hydrogens is 314 g/mol. The number of piperazine rings is 1. The molecular formula is C20H29N3O2. The molecule has 1 N–H and O–H groups in total. The van der Waals surface area contributed by atoms with Crippen LogP contribution in [0.3, 0.4) is 0 Å². The summed E-state index contributed by atoms with van der Waals surface area (Å²) in [5.74, 6) is 0.223. The van der Waals surface area contributed by atoms with Crippen LogP contribution in [0.2, 0.25) is 0 Å². The third-order valence-electron chi connectivity index (χ3n) is 5.66. The van der Waals surface area contributed by atoms with E-state index in [1.807, 2.05) is 24.3 Å². The minimum Gasteiger partial charge on any atom is -0.339 e. The number of carbonyl (C=O) groups is 2. The van der Waals surface area contributed by atoms with Crippen molar-refractivity contribution in [3.05, 3.63) is 29.8 Å². The Morgan fingerprint density at radius 3 is 2.12 bits per heavy atom. The van der Waals surface area contributed by atoms with Crippen molar-refractivity contribution in [1.82, 2.24) is 9.80 Å². The summed E-state index contributed by atoms with van der Waals surface area (Å²) in [5, 5.41) is 2.81. The largest absolute Gasteiger partial charge is 0.339 e. The number of hydrogen-bond donors (Lipinski definition) is 1. The second-order valence-corrected chi connectivity index (χ2v) is 7.50. The Morgan fingerprint density at radius 2 is 1.56 bits per heavy atom. The first-order valence-corrected chi connectivity index (χ1v) is 9.37. The van der Waals surface area contributed by atoms with E-state index in [4.69, 9.17) is 0 Å². The van der Waals surface area contributed by atoms with Gasteiger partial charge in [-0.05, 0) is 37.6 Å². The molecule has 0 bridgehead atoms. The summed E-state index contributed by atoms with van der Waals surface area (Å²) in [5.41, 5.74) is 1.50. The van der Waals surface area contributed by atoms with Gasteiger partial charge in [0.2, 0.25) is 11.8 Å². The highest BCUT2D eigenvalue weighted by molar-refractivity contribution is 5.90. The van der Waals surface area contributed by atoms with Crippen LogP contribution in [0.5, 0.6) is 0 Å². The molecule has 1 saturated heterocycles. The van der Waals surface area contributed by atoms with E-state index in [2.05, 4.69) is 22.2 Å². The number of nitrogens with zero attached hydrogens (tertiary/aromatic N) is 2. The van der Waals surface area contributed by atoms with E-state index < -0.39 is 0 Å². The zero-order valence-electron chi connectivity index (χ0n) is 15.4. The van der Waals surface area contributed by atoms with Crippen LogP contribution in [0.4, 0.5) is 5.69 Å². The minimum absolute atomic E-state index is 0.0753. The zero-order valence-corrected chi connectivity index (χ0v) is 15.4. The fourth-order valence-corrected chi connectivity index (χ4v) is 4.17. The van der Waals surface area contributed by atoms with E-state index in [1.54, 1.807) is 0 Å². The number of likely N-dealkylation sites (N-methyl/N-ethyl adjacent to an activating group) is 1. The van der Waals surface area contributed by atoms with Crippen LogP contribution in [0.1, 0.15) is 44.6 Å². The van der Waals surface area contributed by atoms with E-state index in [0.29, 0.717) is 5.91 Å². The molecule has 1 aromatic rings. The van der Waals surface area contributed by atoms with E-state index in [1.165, 1.54) is 13.3 Å². The van der Waals surface area contributed by atoms with Gasteiger partial charge in [-0.3, -0.25) is 9.59 Å². The lowest BCUT2D eigenvalue weighted by Gasteiger charge is -2.42. The SMILES string of the molecule is CC(=O)Nc1ccc(C2(C(=O)N3CCN(C)CC3)CCCCC2)cc1. The molecule has 3 rings (SSSR count). The number of anilines is 1. The van der Waals surface area contributed by atoms with Gasteiger partial charge in [0.05, 0.1) is 5.41 Å².